The van der Waals surface area contributed by atoms with Crippen molar-refractivity contribution >= 4 is 23.7 Å². The molecule has 2 rings (SSSR count). The number of unbranched alkanes of at least 4 members (excludes halogenated alkanes) is 3. The van der Waals surface area contributed by atoms with Gasteiger partial charge in [-0.3, -0.25) is 9.59 Å². The van der Waals surface area contributed by atoms with Gasteiger partial charge in [0.1, 0.15) is 5.76 Å². The van der Waals surface area contributed by atoms with E-state index < -0.39 is 6.10 Å². The third-order valence-corrected chi connectivity index (χ3v) is 7.45. The average molecular weight is 503 g/mol. The van der Waals surface area contributed by atoms with Crippen molar-refractivity contribution in [3.8, 4) is 0 Å². The van der Waals surface area contributed by atoms with E-state index in [1.807, 2.05) is 19.1 Å². The molecule has 0 amide bonds. The van der Waals surface area contributed by atoms with Crippen molar-refractivity contribution < 1.29 is 24.2 Å². The lowest BCUT2D eigenvalue weighted by Gasteiger charge is -2.13. The first kappa shape index (κ1) is 29.2. The summed E-state index contributed by atoms with van der Waals surface area (Å²) in [6.45, 7) is 1.97. The largest absolute Gasteiger partial charge is 0.469 e. The number of aryl methyl sites for hydroxylation is 1. The Labute approximate surface area is 215 Å². The van der Waals surface area contributed by atoms with Gasteiger partial charge in [-0.15, -0.1) is 11.8 Å². The van der Waals surface area contributed by atoms with E-state index in [1.165, 1.54) is 12.7 Å². The molecule has 5 nitrogen and oxygen atoms in total. The standard InChI is InChI=1S/C29H42O5S/c1-3-12-28(32)34-26-21-19-24(29(26)35-22-11-5-8-17-27(31)33-2)18-20-25(30)16-10-9-15-23-13-6-4-7-14-23/h4,6-7,13-14,18,20,24-25,30H,3,5,8-12,15-17,19,21-22H2,1-2H3/b20-18+. The molecule has 0 bridgehead atoms. The highest BCUT2D eigenvalue weighted by molar-refractivity contribution is 8.03. The van der Waals surface area contributed by atoms with Gasteiger partial charge in [0.05, 0.1) is 13.2 Å². The van der Waals surface area contributed by atoms with Gasteiger partial charge in [0.15, 0.2) is 0 Å². The van der Waals surface area contributed by atoms with Gasteiger partial charge in [0.2, 0.25) is 0 Å². The minimum Gasteiger partial charge on any atom is -0.469 e. The third-order valence-electron chi connectivity index (χ3n) is 6.12. The molecule has 0 fully saturated rings. The molecule has 2 unspecified atom stereocenters. The van der Waals surface area contributed by atoms with E-state index in [9.17, 15) is 14.7 Å². The minimum absolute atomic E-state index is 0.162. The molecule has 6 heteroatoms. The fourth-order valence-corrected chi connectivity index (χ4v) is 5.41. The van der Waals surface area contributed by atoms with Gasteiger partial charge < -0.3 is 14.6 Å². The summed E-state index contributed by atoms with van der Waals surface area (Å²) >= 11 is 1.75. The number of benzene rings is 1. The highest BCUT2D eigenvalue weighted by Gasteiger charge is 2.27. The number of allylic oxidation sites excluding steroid dienone is 3. The first-order chi connectivity index (χ1) is 17.0. The van der Waals surface area contributed by atoms with E-state index in [-0.39, 0.29) is 17.9 Å². The Hall–Kier alpha value is -2.05. The summed E-state index contributed by atoms with van der Waals surface area (Å²) in [5.74, 6) is 1.57. The normalized spacial score (nSPS) is 16.6. The molecule has 0 spiro atoms. The zero-order valence-corrected chi connectivity index (χ0v) is 22.2. The van der Waals surface area contributed by atoms with Crippen LogP contribution < -0.4 is 0 Å². The molecule has 35 heavy (non-hydrogen) atoms. The van der Waals surface area contributed by atoms with Crippen molar-refractivity contribution in [2.24, 2.45) is 5.92 Å². The molecule has 0 saturated heterocycles. The Morgan fingerprint density at radius 3 is 2.63 bits per heavy atom. The molecule has 0 heterocycles. The van der Waals surface area contributed by atoms with Crippen LogP contribution >= 0.6 is 11.8 Å². The number of carbonyl (C=O) groups excluding carboxylic acids is 2. The average Bonchev–Trinajstić information content (AvgIpc) is 3.24. The molecule has 0 saturated carbocycles. The van der Waals surface area contributed by atoms with Crippen molar-refractivity contribution in [3.63, 3.8) is 0 Å². The van der Waals surface area contributed by atoms with E-state index in [4.69, 9.17) is 9.47 Å². The number of methoxy groups -OCH3 is 1. The van der Waals surface area contributed by atoms with Crippen molar-refractivity contribution in [1.82, 2.24) is 0 Å². The number of aliphatic hydroxyl groups excluding tert-OH is 1. The summed E-state index contributed by atoms with van der Waals surface area (Å²) in [5.41, 5.74) is 1.34. The van der Waals surface area contributed by atoms with Crippen LogP contribution in [-0.2, 0) is 25.5 Å². The molecule has 0 aliphatic heterocycles. The van der Waals surface area contributed by atoms with Crippen LogP contribution in [0.25, 0.3) is 0 Å². The number of ether oxygens (including phenoxy) is 2. The Kier molecular flexibility index (Phi) is 14.5. The topological polar surface area (TPSA) is 72.8 Å². The van der Waals surface area contributed by atoms with Gasteiger partial charge in [-0.2, -0.15) is 0 Å². The second-order valence-corrected chi connectivity index (χ2v) is 10.2. The molecule has 1 aromatic carbocycles. The summed E-state index contributed by atoms with van der Waals surface area (Å²) in [6.07, 6.45) is 13.5. The summed E-state index contributed by atoms with van der Waals surface area (Å²) < 4.78 is 10.4. The Balaban J connectivity index is 1.83. The maximum atomic E-state index is 12.1. The SMILES string of the molecule is CCCC(=O)OC1=C(SCCCCCC(=O)OC)C(/C=C/C(O)CCCCc2ccccc2)CC1. The number of esters is 2. The molecule has 0 aromatic heterocycles. The Bertz CT molecular complexity index is 818. The maximum absolute atomic E-state index is 12.1. The third kappa shape index (κ3) is 12.0. The second kappa shape index (κ2) is 17.4. The van der Waals surface area contributed by atoms with Crippen LogP contribution in [0.5, 0.6) is 0 Å². The van der Waals surface area contributed by atoms with Crippen molar-refractivity contribution in [1.29, 1.82) is 0 Å². The molecule has 1 aliphatic rings. The highest BCUT2D eigenvalue weighted by Crippen LogP contribution is 2.41. The van der Waals surface area contributed by atoms with Gasteiger partial charge in [0.25, 0.3) is 0 Å². The summed E-state index contributed by atoms with van der Waals surface area (Å²) in [6, 6.07) is 10.4. The minimum atomic E-state index is -0.456. The lowest BCUT2D eigenvalue weighted by atomic mass is 10.0. The first-order valence-corrected chi connectivity index (χ1v) is 14.1. The monoisotopic (exact) mass is 502 g/mol. The smallest absolute Gasteiger partial charge is 0.310 e. The molecule has 1 aliphatic carbocycles. The number of rotatable bonds is 17. The molecule has 1 N–H and O–H groups in total. The molecule has 1 aromatic rings. The number of thioether (sulfide) groups is 1. The first-order valence-electron chi connectivity index (χ1n) is 13.1. The van der Waals surface area contributed by atoms with Crippen LogP contribution in [0.15, 0.2) is 53.1 Å². The van der Waals surface area contributed by atoms with Gasteiger partial charge in [-0.1, -0.05) is 62.2 Å². The lowest BCUT2D eigenvalue weighted by molar-refractivity contribution is -0.141. The van der Waals surface area contributed by atoms with E-state index in [2.05, 4.69) is 30.3 Å². The van der Waals surface area contributed by atoms with Crippen LogP contribution in [0.2, 0.25) is 0 Å². The summed E-state index contributed by atoms with van der Waals surface area (Å²) in [4.78, 5) is 24.5. The lowest BCUT2D eigenvalue weighted by Crippen LogP contribution is -2.05. The second-order valence-electron chi connectivity index (χ2n) is 9.08. The molecular formula is C29H42O5S. The highest BCUT2D eigenvalue weighted by atomic mass is 32.2. The Morgan fingerprint density at radius 2 is 1.89 bits per heavy atom. The number of hydrogen-bond donors (Lipinski definition) is 1. The van der Waals surface area contributed by atoms with Crippen LogP contribution in [-0.4, -0.2) is 36.0 Å². The predicted octanol–water partition coefficient (Wildman–Crippen LogP) is 6.75. The summed E-state index contributed by atoms with van der Waals surface area (Å²) in [5, 5.41) is 10.5. The van der Waals surface area contributed by atoms with Crippen LogP contribution in [0, 0.1) is 5.92 Å². The molecular weight excluding hydrogens is 460 g/mol. The van der Waals surface area contributed by atoms with E-state index in [0.29, 0.717) is 12.8 Å². The van der Waals surface area contributed by atoms with Gasteiger partial charge in [-0.05, 0) is 56.3 Å². The maximum Gasteiger partial charge on any atom is 0.310 e. The molecule has 0 radical (unpaired) electrons. The van der Waals surface area contributed by atoms with Crippen molar-refractivity contribution in [3.05, 3.63) is 58.7 Å². The van der Waals surface area contributed by atoms with Crippen molar-refractivity contribution in [2.45, 2.75) is 90.1 Å². The van der Waals surface area contributed by atoms with Gasteiger partial charge in [0, 0.05) is 30.1 Å². The van der Waals surface area contributed by atoms with Crippen LogP contribution in [0.1, 0.15) is 83.1 Å². The number of carbonyl (C=O) groups is 2. The quantitative estimate of drug-likeness (QED) is 0.144. The number of aliphatic hydroxyl groups is 1. The van der Waals surface area contributed by atoms with Gasteiger partial charge >= 0.3 is 11.9 Å². The molecule has 194 valence electrons. The van der Waals surface area contributed by atoms with E-state index in [1.54, 1.807) is 11.8 Å². The van der Waals surface area contributed by atoms with Crippen molar-refractivity contribution in [2.75, 3.05) is 12.9 Å². The van der Waals surface area contributed by atoms with E-state index in [0.717, 1.165) is 80.6 Å². The summed E-state index contributed by atoms with van der Waals surface area (Å²) in [7, 11) is 1.42. The van der Waals surface area contributed by atoms with E-state index >= 15 is 0 Å². The van der Waals surface area contributed by atoms with Crippen LogP contribution in [0.4, 0.5) is 0 Å². The zero-order chi connectivity index (χ0) is 25.3. The zero-order valence-electron chi connectivity index (χ0n) is 21.4. The fourth-order valence-electron chi connectivity index (χ4n) is 4.13. The fraction of sp³-hybridized carbons (Fsp3) is 0.586. The molecule has 2 atom stereocenters. The Morgan fingerprint density at radius 1 is 1.09 bits per heavy atom. The predicted molar refractivity (Wildman–Crippen MR) is 143 cm³/mol. The van der Waals surface area contributed by atoms with Crippen LogP contribution in [0.3, 0.4) is 0 Å². The van der Waals surface area contributed by atoms with Gasteiger partial charge in [-0.25, -0.2) is 0 Å². The number of hydrogen-bond acceptors (Lipinski definition) is 6.